The Morgan fingerprint density at radius 3 is 1.11 bits per heavy atom. The maximum Gasteiger partial charge on any atom is 0.262 e. The highest BCUT2D eigenvalue weighted by Gasteiger charge is 2.51. The summed E-state index contributed by atoms with van der Waals surface area (Å²) in [6, 6.07) is 25.0. The Labute approximate surface area is 272 Å². The molecule has 0 spiro atoms. The number of hydrogen-bond donors (Lipinski definition) is 0. The van der Waals surface area contributed by atoms with E-state index in [4.69, 9.17) is 0 Å². The fraction of sp³-hybridized carbons (Fsp3) is 0.143. The molecule has 10 heteroatoms. The van der Waals surface area contributed by atoms with Gasteiger partial charge in [-0.3, -0.25) is 43.5 Å². The largest absolute Gasteiger partial charge is 0.270 e. The first-order chi connectivity index (χ1) is 21.6. The molecule has 3 aliphatic heterocycles. The van der Waals surface area contributed by atoms with Crippen molar-refractivity contribution in [1.29, 1.82) is 0 Å². The lowest BCUT2D eigenvalue weighted by Crippen LogP contribution is -2.33. The molecule has 3 aromatic rings. The highest BCUT2D eigenvalue weighted by molar-refractivity contribution is 14.1. The topological polar surface area (TPSA) is 112 Å². The number of imide groups is 3. The fourth-order valence-electron chi connectivity index (χ4n) is 5.76. The van der Waals surface area contributed by atoms with Gasteiger partial charge in [-0.05, 0) is 65.3 Å². The Bertz CT molecular complexity index is 1790. The predicted molar refractivity (Wildman–Crippen MR) is 171 cm³/mol. The van der Waals surface area contributed by atoms with Crippen molar-refractivity contribution in [3.63, 3.8) is 0 Å². The molecule has 45 heavy (non-hydrogen) atoms. The van der Waals surface area contributed by atoms with E-state index >= 15 is 0 Å². The van der Waals surface area contributed by atoms with Gasteiger partial charge in [-0.2, -0.15) is 0 Å². The Morgan fingerprint density at radius 1 is 0.422 bits per heavy atom. The molecule has 0 fully saturated rings. The van der Waals surface area contributed by atoms with Gasteiger partial charge in [0.2, 0.25) is 0 Å². The fourth-order valence-corrected chi connectivity index (χ4v) is 6.12. The molecule has 0 saturated heterocycles. The van der Waals surface area contributed by atoms with Crippen LogP contribution in [0.15, 0.2) is 118 Å². The Balaban J connectivity index is 1.45. The number of rotatable bonds is 8. The number of halogens is 1. The number of nitrogens with zero attached hydrogens (tertiary/aromatic N) is 3. The van der Waals surface area contributed by atoms with Gasteiger partial charge in [0.15, 0.2) is 0 Å². The maximum absolute atomic E-state index is 14.2. The van der Waals surface area contributed by atoms with Gasteiger partial charge in [0.1, 0.15) is 0 Å². The van der Waals surface area contributed by atoms with E-state index < -0.39 is 35.4 Å². The van der Waals surface area contributed by atoms with E-state index in [0.29, 0.717) is 16.7 Å². The van der Waals surface area contributed by atoms with Crippen LogP contribution in [-0.2, 0) is 48.4 Å². The van der Waals surface area contributed by atoms with Gasteiger partial charge in [-0.1, -0.05) is 72.8 Å². The van der Waals surface area contributed by atoms with Crippen LogP contribution in [-0.4, -0.2) is 50.1 Å². The molecule has 0 atom stereocenters. The van der Waals surface area contributed by atoms with Gasteiger partial charge in [0.25, 0.3) is 35.4 Å². The number of amides is 6. The van der Waals surface area contributed by atoms with Crippen molar-refractivity contribution < 1.29 is 28.8 Å². The molecular formula is C35H26IN3O6. The van der Waals surface area contributed by atoms with E-state index in [0.717, 1.165) is 18.3 Å². The number of hydrogen-bond acceptors (Lipinski definition) is 6. The van der Waals surface area contributed by atoms with E-state index in [9.17, 15) is 28.8 Å². The molecule has 3 heterocycles. The van der Waals surface area contributed by atoms with Gasteiger partial charge < -0.3 is 0 Å². The van der Waals surface area contributed by atoms with Crippen molar-refractivity contribution in [3.8, 4) is 0 Å². The first-order valence-electron chi connectivity index (χ1n) is 14.2. The van der Waals surface area contributed by atoms with Crippen molar-refractivity contribution in [2.45, 2.75) is 33.5 Å². The third-order valence-electron chi connectivity index (χ3n) is 8.09. The van der Waals surface area contributed by atoms with E-state index in [1.54, 1.807) is 60.7 Å². The molecule has 3 aromatic carbocycles. The van der Waals surface area contributed by atoms with Crippen LogP contribution in [0.25, 0.3) is 0 Å². The standard InChI is InChI=1S/C35H26IN3O6/c1-20-26(32(42)37(30(20)40)17-22-9-5-3-6-10-22)28-29(35(45)39(34(28)44)19-24-13-15-25(36)16-14-24)27-21(2)31(41)38(33(27)43)18-23-11-7-4-8-12-23/h3-16H,17-19H2,1-2H3. The number of carbonyl (C=O) groups excluding carboxylic acids is 6. The quantitative estimate of drug-likeness (QED) is 0.256. The normalized spacial score (nSPS) is 17.4. The third-order valence-corrected chi connectivity index (χ3v) is 8.81. The van der Waals surface area contributed by atoms with Gasteiger partial charge >= 0.3 is 0 Å². The third kappa shape index (κ3) is 5.24. The minimum atomic E-state index is -0.812. The van der Waals surface area contributed by atoms with Crippen LogP contribution in [0, 0.1) is 3.57 Å². The summed E-state index contributed by atoms with van der Waals surface area (Å²) in [4.78, 5) is 86.0. The lowest BCUT2D eigenvalue weighted by molar-refractivity contribution is -0.141. The van der Waals surface area contributed by atoms with E-state index in [1.807, 2.05) is 24.3 Å². The molecule has 9 nitrogen and oxygen atoms in total. The van der Waals surface area contributed by atoms with Gasteiger partial charge in [0.05, 0.1) is 41.9 Å². The van der Waals surface area contributed by atoms with Crippen molar-refractivity contribution in [3.05, 3.63) is 139 Å². The predicted octanol–water partition coefficient (Wildman–Crippen LogP) is 4.23. The molecule has 0 aromatic heterocycles. The zero-order chi connectivity index (χ0) is 32.0. The van der Waals surface area contributed by atoms with Crippen LogP contribution in [0.3, 0.4) is 0 Å². The monoisotopic (exact) mass is 711 g/mol. The van der Waals surface area contributed by atoms with E-state index in [2.05, 4.69) is 22.6 Å². The molecule has 0 radical (unpaired) electrons. The van der Waals surface area contributed by atoms with Crippen molar-refractivity contribution >= 4 is 58.0 Å². The molecule has 6 amide bonds. The zero-order valence-corrected chi connectivity index (χ0v) is 26.5. The number of benzene rings is 3. The Morgan fingerprint density at radius 2 is 0.733 bits per heavy atom. The van der Waals surface area contributed by atoms with Gasteiger partial charge in [0, 0.05) is 14.7 Å². The summed E-state index contributed by atoms with van der Waals surface area (Å²) in [5.41, 5.74) is 0.851. The molecule has 0 saturated carbocycles. The zero-order valence-electron chi connectivity index (χ0n) is 24.4. The van der Waals surface area contributed by atoms with Crippen molar-refractivity contribution in [1.82, 2.24) is 14.7 Å². The molecular weight excluding hydrogens is 685 g/mol. The summed E-state index contributed by atoms with van der Waals surface area (Å²) < 4.78 is 0.957. The number of carbonyl (C=O) groups is 6. The van der Waals surface area contributed by atoms with Crippen LogP contribution < -0.4 is 0 Å². The minimum absolute atomic E-state index is 0.0168. The van der Waals surface area contributed by atoms with Crippen LogP contribution in [0.4, 0.5) is 0 Å². The minimum Gasteiger partial charge on any atom is -0.270 e. The van der Waals surface area contributed by atoms with Crippen LogP contribution in [0.2, 0.25) is 0 Å². The highest BCUT2D eigenvalue weighted by Crippen LogP contribution is 2.41. The first kappa shape index (κ1) is 30.1. The maximum atomic E-state index is 14.2. The second-order valence-corrected chi connectivity index (χ2v) is 12.2. The summed E-state index contributed by atoms with van der Waals surface area (Å²) in [6.07, 6.45) is 0. The summed E-state index contributed by atoms with van der Waals surface area (Å²) in [6.45, 7) is 2.64. The van der Waals surface area contributed by atoms with Crippen molar-refractivity contribution in [2.24, 2.45) is 0 Å². The summed E-state index contributed by atoms with van der Waals surface area (Å²) in [5.74, 6) is -4.33. The van der Waals surface area contributed by atoms with E-state index in [1.165, 1.54) is 13.8 Å². The summed E-state index contributed by atoms with van der Waals surface area (Å²) in [7, 11) is 0. The molecule has 3 aliphatic rings. The van der Waals surface area contributed by atoms with Gasteiger partial charge in [-0.25, -0.2) is 0 Å². The molecule has 0 N–H and O–H groups in total. The molecule has 6 rings (SSSR count). The highest BCUT2D eigenvalue weighted by atomic mass is 127. The van der Waals surface area contributed by atoms with Crippen molar-refractivity contribution in [2.75, 3.05) is 0 Å². The lowest BCUT2D eigenvalue weighted by Gasteiger charge is -2.16. The van der Waals surface area contributed by atoms with E-state index in [-0.39, 0.29) is 53.1 Å². The van der Waals surface area contributed by atoms with Crippen LogP contribution >= 0.6 is 22.6 Å². The first-order valence-corrected chi connectivity index (χ1v) is 15.2. The second kappa shape index (κ2) is 11.8. The van der Waals surface area contributed by atoms with Gasteiger partial charge in [-0.15, -0.1) is 0 Å². The Hall–Kier alpha value is -4.97. The summed E-state index contributed by atoms with van der Waals surface area (Å²) in [5, 5.41) is 0. The molecule has 0 unspecified atom stereocenters. The van der Waals surface area contributed by atoms with Crippen LogP contribution in [0.1, 0.15) is 30.5 Å². The molecule has 0 bridgehead atoms. The molecule has 224 valence electrons. The average molecular weight is 712 g/mol. The average Bonchev–Trinajstić information content (AvgIpc) is 3.49. The Kier molecular flexibility index (Phi) is 7.92. The lowest BCUT2D eigenvalue weighted by atomic mass is 9.92. The van der Waals surface area contributed by atoms with Crippen LogP contribution in [0.5, 0.6) is 0 Å². The SMILES string of the molecule is CC1=C(C2=C(C3=C(C)C(=O)N(Cc4ccccc4)C3=O)C(=O)N(Cc3ccc(I)cc3)C2=O)C(=O)N(Cc2ccccc2)C1=O. The smallest absolute Gasteiger partial charge is 0.262 e. The molecule has 0 aliphatic carbocycles. The summed E-state index contributed by atoms with van der Waals surface area (Å²) >= 11 is 2.14. The second-order valence-electron chi connectivity index (χ2n) is 10.9.